The highest BCUT2D eigenvalue weighted by Gasteiger charge is 2.11. The van der Waals surface area contributed by atoms with E-state index < -0.39 is 12.3 Å². The van der Waals surface area contributed by atoms with Gasteiger partial charge in [0.05, 0.1) is 0 Å². The van der Waals surface area contributed by atoms with E-state index in [1.807, 2.05) is 30.3 Å². The number of benzene rings is 1. The van der Waals surface area contributed by atoms with Gasteiger partial charge < -0.3 is 10.2 Å². The van der Waals surface area contributed by atoms with Gasteiger partial charge in [-0.15, -0.1) is 6.58 Å². The van der Waals surface area contributed by atoms with Crippen LogP contribution in [0.1, 0.15) is 5.56 Å². The number of carboxylic acid groups (broad SMARTS) is 1. The van der Waals surface area contributed by atoms with Crippen molar-refractivity contribution in [3.05, 3.63) is 48.6 Å². The highest BCUT2D eigenvalue weighted by Crippen LogP contribution is 1.97. The summed E-state index contributed by atoms with van der Waals surface area (Å²) in [6, 6.07) is 9.59. The van der Waals surface area contributed by atoms with Crippen LogP contribution >= 0.6 is 0 Å². The number of carbonyl (C=O) groups is 1. The van der Waals surface area contributed by atoms with Crippen molar-refractivity contribution in [1.82, 2.24) is 15.8 Å². The van der Waals surface area contributed by atoms with Gasteiger partial charge in [-0.25, -0.2) is 10.4 Å². The second kappa shape index (κ2) is 8.39. The van der Waals surface area contributed by atoms with Crippen LogP contribution in [0.15, 0.2) is 43.0 Å². The van der Waals surface area contributed by atoms with Crippen LogP contribution in [0.25, 0.3) is 0 Å². The molecule has 1 unspecified atom stereocenters. The van der Waals surface area contributed by atoms with Gasteiger partial charge in [0.25, 0.3) is 0 Å². The molecule has 0 heterocycles. The zero-order valence-corrected chi connectivity index (χ0v) is 10.6. The minimum absolute atomic E-state index is 0.226. The monoisotopic (exact) mass is 265 g/mol. The molecule has 0 aliphatic rings. The molecule has 0 radical (unpaired) electrons. The van der Waals surface area contributed by atoms with Crippen molar-refractivity contribution >= 4 is 5.97 Å². The fourth-order valence-electron chi connectivity index (χ4n) is 1.51. The van der Waals surface area contributed by atoms with Gasteiger partial charge in [-0.1, -0.05) is 36.4 Å². The molecule has 0 saturated heterocycles. The van der Waals surface area contributed by atoms with E-state index in [9.17, 15) is 9.90 Å². The molecule has 0 amide bonds. The van der Waals surface area contributed by atoms with Crippen molar-refractivity contribution < 1.29 is 15.0 Å². The number of aliphatic hydroxyl groups excluding tert-OH is 1. The van der Waals surface area contributed by atoms with Gasteiger partial charge in [0.1, 0.15) is 6.54 Å². The van der Waals surface area contributed by atoms with Crippen molar-refractivity contribution in [3.63, 3.8) is 0 Å². The molecule has 6 heteroatoms. The topological polar surface area (TPSA) is 84.8 Å². The van der Waals surface area contributed by atoms with Crippen molar-refractivity contribution in [2.24, 2.45) is 0 Å². The van der Waals surface area contributed by atoms with Crippen LogP contribution in [-0.2, 0) is 11.3 Å². The number of hydrogen-bond donors (Lipinski definition) is 4. The zero-order valence-electron chi connectivity index (χ0n) is 10.6. The molecule has 0 aliphatic heterocycles. The number of carboxylic acids is 1. The normalized spacial score (nSPS) is 12.3. The zero-order chi connectivity index (χ0) is 14.1. The number of rotatable bonds is 9. The Bertz CT molecular complexity index is 397. The summed E-state index contributed by atoms with van der Waals surface area (Å²) in [6.45, 7) is 4.10. The molecule has 6 nitrogen and oxygen atoms in total. The molecular weight excluding hydrogens is 246 g/mol. The largest absolute Gasteiger partial charge is 0.480 e. The Labute approximate surface area is 112 Å². The summed E-state index contributed by atoms with van der Waals surface area (Å²) in [4.78, 5) is 10.6. The quantitative estimate of drug-likeness (QED) is 0.288. The molecule has 0 aliphatic carbocycles. The lowest BCUT2D eigenvalue weighted by molar-refractivity contribution is -0.140. The first-order valence-electron chi connectivity index (χ1n) is 5.91. The van der Waals surface area contributed by atoms with Gasteiger partial charge >= 0.3 is 5.97 Å². The van der Waals surface area contributed by atoms with E-state index in [-0.39, 0.29) is 6.54 Å². The molecule has 0 saturated carbocycles. The Balaban J connectivity index is 2.37. The molecule has 1 aromatic carbocycles. The van der Waals surface area contributed by atoms with Crippen molar-refractivity contribution in [2.75, 3.05) is 13.1 Å². The highest BCUT2D eigenvalue weighted by molar-refractivity contribution is 5.69. The van der Waals surface area contributed by atoms with Crippen LogP contribution in [0.3, 0.4) is 0 Å². The smallest absolute Gasteiger partial charge is 0.319 e. The molecule has 1 rings (SSSR count). The Morgan fingerprint density at radius 2 is 2.11 bits per heavy atom. The Kier molecular flexibility index (Phi) is 6.76. The molecule has 4 N–H and O–H groups in total. The minimum Gasteiger partial charge on any atom is -0.480 e. The molecule has 1 atom stereocenters. The van der Waals surface area contributed by atoms with Gasteiger partial charge in [0.15, 0.2) is 6.35 Å². The third-order valence-electron chi connectivity index (χ3n) is 2.32. The van der Waals surface area contributed by atoms with Gasteiger partial charge in [0, 0.05) is 13.1 Å². The fourth-order valence-corrected chi connectivity index (χ4v) is 1.51. The van der Waals surface area contributed by atoms with E-state index in [1.165, 1.54) is 5.01 Å². The summed E-state index contributed by atoms with van der Waals surface area (Å²) < 4.78 is 0. The molecule has 1 aromatic rings. The standard InChI is InChI=1S/C13H19N3O3/c1-2-8-16(10-12(17)18)15-13(19)14-9-11-6-4-3-5-7-11/h2-7,13-15,19H,1,8-10H2,(H,17,18). The summed E-state index contributed by atoms with van der Waals surface area (Å²) in [5.41, 5.74) is 3.67. The Morgan fingerprint density at radius 3 is 2.68 bits per heavy atom. The second-order valence-corrected chi connectivity index (χ2v) is 3.96. The summed E-state index contributed by atoms with van der Waals surface area (Å²) in [5, 5.41) is 22.6. The number of aliphatic carboxylic acids is 1. The lowest BCUT2D eigenvalue weighted by Crippen LogP contribution is -2.52. The van der Waals surface area contributed by atoms with Crippen molar-refractivity contribution in [1.29, 1.82) is 0 Å². The number of hydrazine groups is 1. The third-order valence-corrected chi connectivity index (χ3v) is 2.32. The average molecular weight is 265 g/mol. The number of aliphatic hydroxyl groups is 1. The Morgan fingerprint density at radius 1 is 1.42 bits per heavy atom. The molecule has 19 heavy (non-hydrogen) atoms. The SMILES string of the molecule is C=CCN(CC(=O)O)NC(O)NCc1ccccc1. The molecular formula is C13H19N3O3. The van der Waals surface area contributed by atoms with Crippen LogP contribution in [0.4, 0.5) is 0 Å². The van der Waals surface area contributed by atoms with Crippen molar-refractivity contribution in [2.45, 2.75) is 12.9 Å². The highest BCUT2D eigenvalue weighted by atomic mass is 16.4. The van der Waals surface area contributed by atoms with E-state index in [4.69, 9.17) is 5.11 Å². The van der Waals surface area contributed by atoms with E-state index in [2.05, 4.69) is 17.3 Å². The first-order chi connectivity index (χ1) is 9.11. The first kappa shape index (κ1) is 15.3. The maximum atomic E-state index is 10.6. The van der Waals surface area contributed by atoms with Crippen molar-refractivity contribution in [3.8, 4) is 0 Å². The van der Waals surface area contributed by atoms with Gasteiger partial charge in [-0.3, -0.25) is 10.1 Å². The van der Waals surface area contributed by atoms with Crippen LogP contribution in [0.5, 0.6) is 0 Å². The van der Waals surface area contributed by atoms with E-state index in [0.29, 0.717) is 13.1 Å². The number of nitrogens with one attached hydrogen (secondary N) is 2. The molecule has 104 valence electrons. The predicted molar refractivity (Wildman–Crippen MR) is 71.8 cm³/mol. The first-order valence-corrected chi connectivity index (χ1v) is 5.91. The molecule has 0 bridgehead atoms. The van der Waals surface area contributed by atoms with Crippen LogP contribution in [-0.4, -0.2) is 40.6 Å². The van der Waals surface area contributed by atoms with E-state index >= 15 is 0 Å². The minimum atomic E-state index is -1.03. The maximum Gasteiger partial charge on any atom is 0.319 e. The van der Waals surface area contributed by atoms with Crippen LogP contribution in [0.2, 0.25) is 0 Å². The van der Waals surface area contributed by atoms with Crippen LogP contribution in [0, 0.1) is 0 Å². The van der Waals surface area contributed by atoms with E-state index in [1.54, 1.807) is 6.08 Å². The number of hydrogen-bond acceptors (Lipinski definition) is 5. The fraction of sp³-hybridized carbons (Fsp3) is 0.308. The second-order valence-electron chi connectivity index (χ2n) is 3.96. The average Bonchev–Trinajstić information content (AvgIpc) is 2.37. The summed E-state index contributed by atoms with van der Waals surface area (Å²) in [6.07, 6.45) is 0.527. The van der Waals surface area contributed by atoms with E-state index in [0.717, 1.165) is 5.56 Å². The predicted octanol–water partition coefficient (Wildman–Crippen LogP) is 0.129. The molecule has 0 spiro atoms. The van der Waals surface area contributed by atoms with Crippen LogP contribution < -0.4 is 10.7 Å². The lowest BCUT2D eigenvalue weighted by Gasteiger charge is -2.24. The molecule has 0 fully saturated rings. The maximum absolute atomic E-state index is 10.6. The molecule has 0 aromatic heterocycles. The third kappa shape index (κ3) is 6.68. The van der Waals surface area contributed by atoms with Gasteiger partial charge in [-0.05, 0) is 5.56 Å². The summed E-state index contributed by atoms with van der Waals surface area (Å²) in [5.74, 6) is -0.982. The lowest BCUT2D eigenvalue weighted by atomic mass is 10.2. The van der Waals surface area contributed by atoms with Gasteiger partial charge in [0.2, 0.25) is 0 Å². The number of nitrogens with zero attached hydrogens (tertiary/aromatic N) is 1. The Hall–Kier alpha value is -1.73. The van der Waals surface area contributed by atoms with Gasteiger partial charge in [-0.2, -0.15) is 0 Å². The summed E-state index contributed by atoms with van der Waals surface area (Å²) >= 11 is 0. The summed E-state index contributed by atoms with van der Waals surface area (Å²) in [7, 11) is 0.